The van der Waals surface area contributed by atoms with Crippen LogP contribution in [0.2, 0.25) is 0 Å². The van der Waals surface area contributed by atoms with E-state index in [4.69, 9.17) is 5.26 Å². The summed E-state index contributed by atoms with van der Waals surface area (Å²) in [6.07, 6.45) is 4.66. The highest BCUT2D eigenvalue weighted by Gasteiger charge is 2.15. The number of fused-ring (bicyclic) bond motifs is 1. The van der Waals surface area contributed by atoms with E-state index in [1.54, 1.807) is 0 Å². The Morgan fingerprint density at radius 2 is 2.21 bits per heavy atom. The molecule has 0 saturated heterocycles. The van der Waals surface area contributed by atoms with Crippen LogP contribution >= 0.6 is 0 Å². The SMILES string of the molecule is N#Cc1cn[nH]c1NC(=O)c1ccc2c(c1)CCC2. The number of aromatic amines is 1. The first kappa shape index (κ1) is 11.5. The van der Waals surface area contributed by atoms with Crippen LogP contribution in [0.25, 0.3) is 0 Å². The van der Waals surface area contributed by atoms with Gasteiger partial charge in [-0.15, -0.1) is 0 Å². The molecule has 0 radical (unpaired) electrons. The van der Waals surface area contributed by atoms with Gasteiger partial charge < -0.3 is 5.32 Å². The van der Waals surface area contributed by atoms with E-state index in [2.05, 4.69) is 15.5 Å². The summed E-state index contributed by atoms with van der Waals surface area (Å²) >= 11 is 0. The zero-order chi connectivity index (χ0) is 13.2. The van der Waals surface area contributed by atoms with Gasteiger partial charge in [-0.25, -0.2) is 0 Å². The van der Waals surface area contributed by atoms with Gasteiger partial charge in [0, 0.05) is 5.56 Å². The molecule has 5 nitrogen and oxygen atoms in total. The summed E-state index contributed by atoms with van der Waals surface area (Å²) in [5, 5.41) is 17.9. The number of aromatic nitrogens is 2. The van der Waals surface area contributed by atoms with Gasteiger partial charge in [-0.1, -0.05) is 6.07 Å². The van der Waals surface area contributed by atoms with E-state index in [-0.39, 0.29) is 5.91 Å². The van der Waals surface area contributed by atoms with Crippen LogP contribution in [0.15, 0.2) is 24.4 Å². The fourth-order valence-corrected chi connectivity index (χ4v) is 2.36. The topological polar surface area (TPSA) is 81.6 Å². The molecule has 0 fully saturated rings. The number of benzene rings is 1. The minimum absolute atomic E-state index is 0.226. The maximum atomic E-state index is 12.1. The van der Waals surface area contributed by atoms with Crippen molar-refractivity contribution in [1.82, 2.24) is 10.2 Å². The van der Waals surface area contributed by atoms with Crippen LogP contribution in [0, 0.1) is 11.3 Å². The van der Waals surface area contributed by atoms with Gasteiger partial charge in [-0.2, -0.15) is 10.4 Å². The number of aryl methyl sites for hydroxylation is 2. The molecule has 1 amide bonds. The maximum Gasteiger partial charge on any atom is 0.256 e. The van der Waals surface area contributed by atoms with Crippen LogP contribution in [0.1, 0.15) is 33.5 Å². The van der Waals surface area contributed by atoms with Crippen molar-refractivity contribution in [3.05, 3.63) is 46.6 Å². The minimum atomic E-state index is -0.226. The number of carbonyl (C=O) groups is 1. The highest BCUT2D eigenvalue weighted by molar-refractivity contribution is 6.04. The Bertz CT molecular complexity index is 681. The number of rotatable bonds is 2. The van der Waals surface area contributed by atoms with Gasteiger partial charge >= 0.3 is 0 Å². The lowest BCUT2D eigenvalue weighted by Gasteiger charge is -2.05. The van der Waals surface area contributed by atoms with Crippen molar-refractivity contribution >= 4 is 11.7 Å². The largest absolute Gasteiger partial charge is 0.306 e. The Balaban J connectivity index is 1.83. The third kappa shape index (κ3) is 2.08. The Kier molecular flexibility index (Phi) is 2.76. The van der Waals surface area contributed by atoms with Crippen molar-refractivity contribution in [2.75, 3.05) is 5.32 Å². The fourth-order valence-electron chi connectivity index (χ4n) is 2.36. The summed E-state index contributed by atoms with van der Waals surface area (Å²) < 4.78 is 0. The lowest BCUT2D eigenvalue weighted by molar-refractivity contribution is 0.102. The Morgan fingerprint density at radius 3 is 3.05 bits per heavy atom. The van der Waals surface area contributed by atoms with E-state index in [1.165, 1.54) is 17.3 Å². The van der Waals surface area contributed by atoms with Crippen LogP contribution < -0.4 is 5.32 Å². The first-order valence-electron chi connectivity index (χ1n) is 6.14. The average Bonchev–Trinajstić information content (AvgIpc) is 3.05. The maximum absolute atomic E-state index is 12.1. The highest BCUT2D eigenvalue weighted by Crippen LogP contribution is 2.23. The number of H-pyrrole nitrogens is 1. The molecule has 5 heteroatoms. The molecule has 0 aliphatic heterocycles. The minimum Gasteiger partial charge on any atom is -0.306 e. The summed E-state index contributed by atoms with van der Waals surface area (Å²) in [4.78, 5) is 12.1. The summed E-state index contributed by atoms with van der Waals surface area (Å²) in [5.41, 5.74) is 3.52. The molecule has 2 N–H and O–H groups in total. The Labute approximate surface area is 110 Å². The van der Waals surface area contributed by atoms with Gasteiger partial charge in [0.05, 0.1) is 6.20 Å². The highest BCUT2D eigenvalue weighted by atomic mass is 16.1. The van der Waals surface area contributed by atoms with Crippen molar-refractivity contribution in [2.24, 2.45) is 0 Å². The lowest BCUT2D eigenvalue weighted by Crippen LogP contribution is -2.13. The fraction of sp³-hybridized carbons (Fsp3) is 0.214. The first-order valence-corrected chi connectivity index (χ1v) is 6.14. The molecule has 3 rings (SSSR count). The van der Waals surface area contributed by atoms with E-state index < -0.39 is 0 Å². The lowest BCUT2D eigenvalue weighted by atomic mass is 10.1. The molecular formula is C14H12N4O. The molecule has 0 spiro atoms. The molecule has 1 heterocycles. The van der Waals surface area contributed by atoms with Gasteiger partial charge in [0.15, 0.2) is 0 Å². The van der Waals surface area contributed by atoms with Gasteiger partial charge in [0.25, 0.3) is 5.91 Å². The number of nitrogens with one attached hydrogen (secondary N) is 2. The number of carbonyl (C=O) groups excluding carboxylic acids is 1. The molecule has 0 atom stereocenters. The predicted molar refractivity (Wildman–Crippen MR) is 69.7 cm³/mol. The van der Waals surface area contributed by atoms with E-state index in [1.807, 2.05) is 24.3 Å². The standard InChI is InChI=1S/C14H12N4O/c15-7-12-8-16-18-13(12)17-14(19)11-5-4-9-2-1-3-10(9)6-11/h4-6,8H,1-3H2,(H2,16,17,18,19). The summed E-state index contributed by atoms with van der Waals surface area (Å²) in [5.74, 6) is 0.114. The molecular weight excluding hydrogens is 240 g/mol. The number of nitrogens with zero attached hydrogens (tertiary/aromatic N) is 2. The molecule has 19 heavy (non-hydrogen) atoms. The van der Waals surface area contributed by atoms with Crippen molar-refractivity contribution in [2.45, 2.75) is 19.3 Å². The molecule has 1 aromatic heterocycles. The zero-order valence-electron chi connectivity index (χ0n) is 10.2. The smallest absolute Gasteiger partial charge is 0.256 e. The molecule has 0 bridgehead atoms. The van der Waals surface area contributed by atoms with Gasteiger partial charge in [-0.05, 0) is 42.5 Å². The summed E-state index contributed by atoms with van der Waals surface area (Å²) in [6, 6.07) is 7.73. The normalized spacial score (nSPS) is 12.8. The number of anilines is 1. The zero-order valence-corrected chi connectivity index (χ0v) is 10.2. The summed E-state index contributed by atoms with van der Waals surface area (Å²) in [7, 11) is 0. The molecule has 1 aliphatic rings. The molecule has 0 unspecified atom stereocenters. The first-order chi connectivity index (χ1) is 9.28. The quantitative estimate of drug-likeness (QED) is 0.857. The number of nitriles is 1. The van der Waals surface area contributed by atoms with Gasteiger partial charge in [0.2, 0.25) is 0 Å². The molecule has 1 aromatic carbocycles. The summed E-state index contributed by atoms with van der Waals surface area (Å²) in [6.45, 7) is 0. The molecule has 0 saturated carbocycles. The third-order valence-corrected chi connectivity index (χ3v) is 3.36. The average molecular weight is 252 g/mol. The molecule has 94 valence electrons. The van der Waals surface area contributed by atoms with Crippen molar-refractivity contribution in [3.8, 4) is 6.07 Å². The van der Waals surface area contributed by atoms with Crippen LogP contribution in [0.4, 0.5) is 5.82 Å². The van der Waals surface area contributed by atoms with Crippen molar-refractivity contribution < 1.29 is 4.79 Å². The van der Waals surface area contributed by atoms with Crippen molar-refractivity contribution in [3.63, 3.8) is 0 Å². The Morgan fingerprint density at radius 1 is 1.37 bits per heavy atom. The Hall–Kier alpha value is -2.61. The molecule has 1 aliphatic carbocycles. The second-order valence-corrected chi connectivity index (χ2v) is 4.56. The van der Waals surface area contributed by atoms with E-state index in [0.29, 0.717) is 16.9 Å². The van der Waals surface area contributed by atoms with E-state index >= 15 is 0 Å². The van der Waals surface area contributed by atoms with Crippen LogP contribution in [0.5, 0.6) is 0 Å². The van der Waals surface area contributed by atoms with Gasteiger partial charge in [-0.3, -0.25) is 9.89 Å². The number of amides is 1. The second-order valence-electron chi connectivity index (χ2n) is 4.56. The van der Waals surface area contributed by atoms with Gasteiger partial charge in [0.1, 0.15) is 17.5 Å². The number of hydrogen-bond donors (Lipinski definition) is 2. The van der Waals surface area contributed by atoms with E-state index in [0.717, 1.165) is 19.3 Å². The predicted octanol–water partition coefficient (Wildman–Crippen LogP) is 2.02. The molecule has 2 aromatic rings. The second kappa shape index (κ2) is 4.58. The monoisotopic (exact) mass is 252 g/mol. The van der Waals surface area contributed by atoms with Crippen molar-refractivity contribution in [1.29, 1.82) is 5.26 Å². The van der Waals surface area contributed by atoms with Crippen LogP contribution in [-0.2, 0) is 12.8 Å². The van der Waals surface area contributed by atoms with Crippen LogP contribution in [0.3, 0.4) is 0 Å². The van der Waals surface area contributed by atoms with E-state index in [9.17, 15) is 4.79 Å². The third-order valence-electron chi connectivity index (χ3n) is 3.36. The van der Waals surface area contributed by atoms with Crippen LogP contribution in [-0.4, -0.2) is 16.1 Å². The number of hydrogen-bond acceptors (Lipinski definition) is 3.